The number of aliphatic carboxylic acids is 2. The molecule has 0 aromatic carbocycles. The molecule has 2 aromatic heterocycles. The van der Waals surface area contributed by atoms with Gasteiger partial charge in [0.25, 0.3) is 17.7 Å². The molecule has 4 rings (SSSR count). The number of carbonyl (C=O) groups is 5. The number of β-lactam (4-membered cyclic amide) rings is 1. The predicted molar refractivity (Wildman–Crippen MR) is 187 cm³/mol. The van der Waals surface area contributed by atoms with Crippen LogP contribution in [0.15, 0.2) is 46.3 Å². The summed E-state index contributed by atoms with van der Waals surface area (Å²) in [5.41, 5.74) is 4.37. The van der Waals surface area contributed by atoms with Crippen LogP contribution in [-0.4, -0.2) is 84.8 Å². The number of nitrogens with one attached hydrogen (secondary N) is 2. The summed E-state index contributed by atoms with van der Waals surface area (Å²) in [5, 5.41) is 29.6. The summed E-state index contributed by atoms with van der Waals surface area (Å²) >= 11 is 2.31. The van der Waals surface area contributed by atoms with Gasteiger partial charge >= 0.3 is 11.9 Å². The van der Waals surface area contributed by atoms with Crippen molar-refractivity contribution in [1.82, 2.24) is 20.5 Å². The van der Waals surface area contributed by atoms with E-state index in [1.165, 1.54) is 69.5 Å². The monoisotopic (exact) mass is 730 g/mol. The van der Waals surface area contributed by atoms with E-state index in [1.807, 2.05) is 0 Å². The molecule has 6 N–H and O–H groups in total. The topological polar surface area (TPSA) is 217 Å². The SMILES string of the molecule is CCCCCCCCCCNC(=O)c1cc[n+](CC2=C(C(=O)O)N3C(=O)[C@@H](NC(=O)/C(=N\OC(C)(C)C(=O)O)c4csc(N)n4)[C@H]3SC2)cc1. The van der Waals surface area contributed by atoms with Gasteiger partial charge < -0.3 is 31.4 Å². The summed E-state index contributed by atoms with van der Waals surface area (Å²) in [6.07, 6.45) is 12.8. The number of aromatic nitrogens is 2. The Balaban J connectivity index is 1.36. The van der Waals surface area contributed by atoms with E-state index in [0.29, 0.717) is 17.7 Å². The number of rotatable bonds is 19. The van der Waals surface area contributed by atoms with E-state index in [4.69, 9.17) is 10.6 Å². The maximum Gasteiger partial charge on any atom is 0.352 e. The molecule has 3 amide bonds. The number of nitrogens with two attached hydrogens (primary N) is 1. The second-order valence-corrected chi connectivity index (χ2v) is 14.5. The Kier molecular flexibility index (Phi) is 13.3. The lowest BCUT2D eigenvalue weighted by Crippen LogP contribution is -2.71. The van der Waals surface area contributed by atoms with Gasteiger partial charge in [0.2, 0.25) is 5.60 Å². The van der Waals surface area contributed by atoms with Crippen LogP contribution in [0.25, 0.3) is 0 Å². The molecule has 2 aliphatic rings. The first kappa shape index (κ1) is 38.3. The Bertz CT molecular complexity index is 1640. The maximum atomic E-state index is 13.3. The number of amides is 3. The number of oxime groups is 1. The molecule has 0 spiro atoms. The highest BCUT2D eigenvalue weighted by Gasteiger charge is 2.55. The van der Waals surface area contributed by atoms with E-state index in [-0.39, 0.29) is 34.7 Å². The normalized spacial score (nSPS) is 17.5. The van der Waals surface area contributed by atoms with Gasteiger partial charge in [0.05, 0.1) is 5.56 Å². The van der Waals surface area contributed by atoms with E-state index < -0.39 is 46.5 Å². The molecule has 0 bridgehead atoms. The van der Waals surface area contributed by atoms with Crippen molar-refractivity contribution in [2.24, 2.45) is 5.16 Å². The lowest BCUT2D eigenvalue weighted by molar-refractivity contribution is -0.689. The first-order chi connectivity index (χ1) is 23.8. The Hall–Kier alpha value is -4.51. The van der Waals surface area contributed by atoms with Crippen LogP contribution in [0, 0.1) is 0 Å². The first-order valence-corrected chi connectivity index (χ1v) is 18.5. The summed E-state index contributed by atoms with van der Waals surface area (Å²) < 4.78 is 1.74. The minimum Gasteiger partial charge on any atom is -0.478 e. The molecule has 2 aromatic rings. The number of unbranched alkanes of at least 4 members (excludes halogenated alkanes) is 7. The van der Waals surface area contributed by atoms with E-state index in [0.717, 1.165) is 29.1 Å². The van der Waals surface area contributed by atoms with Gasteiger partial charge in [0, 0.05) is 35.4 Å². The van der Waals surface area contributed by atoms with Gasteiger partial charge in [-0.1, -0.05) is 57.0 Å². The second-order valence-electron chi connectivity index (χ2n) is 12.5. The van der Waals surface area contributed by atoms with Crippen molar-refractivity contribution >= 4 is 63.6 Å². The number of anilines is 1. The first-order valence-electron chi connectivity index (χ1n) is 16.5. The third-order valence-corrected chi connectivity index (χ3v) is 10.3. The van der Waals surface area contributed by atoms with Crippen molar-refractivity contribution < 1.29 is 43.6 Å². The molecule has 0 radical (unpaired) electrons. The predicted octanol–water partition coefficient (Wildman–Crippen LogP) is 2.91. The van der Waals surface area contributed by atoms with Crippen molar-refractivity contribution in [3.8, 4) is 0 Å². The molecular weight excluding hydrogens is 687 g/mol. The summed E-state index contributed by atoms with van der Waals surface area (Å²) in [5.74, 6) is -4.04. The van der Waals surface area contributed by atoms with Crippen LogP contribution in [0.2, 0.25) is 0 Å². The molecule has 4 heterocycles. The van der Waals surface area contributed by atoms with Crippen molar-refractivity contribution in [1.29, 1.82) is 0 Å². The van der Waals surface area contributed by atoms with Crippen molar-refractivity contribution in [3.05, 3.63) is 52.4 Å². The van der Waals surface area contributed by atoms with Gasteiger partial charge in [0.15, 0.2) is 29.8 Å². The van der Waals surface area contributed by atoms with E-state index in [1.54, 1.807) is 29.1 Å². The molecule has 0 saturated carbocycles. The Morgan fingerprint density at radius 1 is 1.10 bits per heavy atom. The van der Waals surface area contributed by atoms with Crippen LogP contribution >= 0.6 is 23.1 Å². The standard InChI is InChI=1S/C33H43N7O8S2/c1-4-5-6-7-8-9-10-11-14-35-26(41)20-12-15-39(16-13-20)17-21-18-49-29-24(28(43)40(29)25(21)30(44)45)37-27(42)23(22-19-50-32(34)36-22)38-48-33(2,3)31(46)47/h12-13,15-16,19,24,29H,4-11,14,17-18H2,1-3H3,(H5-,34,35,36,37,41,42,44,45,46,47)/p+1/b38-23-/t24-,29-/m1/s1. The number of carboxylic acids is 2. The smallest absolute Gasteiger partial charge is 0.352 e. The number of hydrogen-bond donors (Lipinski definition) is 5. The molecule has 0 aliphatic carbocycles. The number of nitrogen functional groups attached to an aromatic ring is 1. The zero-order chi connectivity index (χ0) is 36.4. The Morgan fingerprint density at radius 2 is 1.76 bits per heavy atom. The quantitative estimate of drug-likeness (QED) is 0.0465. The van der Waals surface area contributed by atoms with E-state index in [2.05, 4.69) is 27.7 Å². The van der Waals surface area contributed by atoms with Crippen molar-refractivity contribution in [2.45, 2.75) is 95.7 Å². The lowest BCUT2D eigenvalue weighted by atomic mass is 10.0. The van der Waals surface area contributed by atoms with Crippen LogP contribution in [0.3, 0.4) is 0 Å². The molecule has 50 heavy (non-hydrogen) atoms. The highest BCUT2D eigenvalue weighted by atomic mass is 32.2. The molecule has 17 heteroatoms. The van der Waals surface area contributed by atoms with Crippen LogP contribution < -0.4 is 20.9 Å². The fourth-order valence-corrected chi connectivity index (χ4v) is 7.19. The van der Waals surface area contributed by atoms with Gasteiger partial charge in [-0.05, 0) is 20.3 Å². The van der Waals surface area contributed by atoms with Gasteiger partial charge in [-0.25, -0.2) is 19.1 Å². The van der Waals surface area contributed by atoms with E-state index in [9.17, 15) is 34.2 Å². The average molecular weight is 731 g/mol. The molecule has 2 atom stereocenters. The molecule has 1 fully saturated rings. The molecule has 1 saturated heterocycles. The number of pyridine rings is 1. The number of carbonyl (C=O) groups excluding carboxylic acids is 3. The number of thiazole rings is 1. The largest absolute Gasteiger partial charge is 0.478 e. The number of thioether (sulfide) groups is 1. The van der Waals surface area contributed by atoms with Gasteiger partial charge in [-0.3, -0.25) is 19.3 Å². The highest BCUT2D eigenvalue weighted by Crippen LogP contribution is 2.40. The fourth-order valence-electron chi connectivity index (χ4n) is 5.31. The van der Waals surface area contributed by atoms with Crippen LogP contribution in [-0.2, 0) is 30.6 Å². The number of carboxylic acid groups (broad SMARTS) is 2. The molecule has 0 unspecified atom stereocenters. The number of nitrogens with zero attached hydrogens (tertiary/aromatic N) is 4. The minimum absolute atomic E-state index is 0.0172. The molecule has 270 valence electrons. The summed E-state index contributed by atoms with van der Waals surface area (Å²) in [6.45, 7) is 5.46. The minimum atomic E-state index is -1.77. The molecule has 15 nitrogen and oxygen atoms in total. The second kappa shape index (κ2) is 17.4. The van der Waals surface area contributed by atoms with Gasteiger partial charge in [-0.15, -0.1) is 23.1 Å². The zero-order valence-corrected chi connectivity index (χ0v) is 30.0. The summed E-state index contributed by atoms with van der Waals surface area (Å²) in [6, 6.07) is 2.24. The fraction of sp³-hybridized carbons (Fsp3) is 0.515. The van der Waals surface area contributed by atoms with Crippen LogP contribution in [0.5, 0.6) is 0 Å². The zero-order valence-electron chi connectivity index (χ0n) is 28.3. The van der Waals surface area contributed by atoms with Gasteiger partial charge in [0.1, 0.15) is 22.8 Å². The maximum absolute atomic E-state index is 13.3. The van der Waals surface area contributed by atoms with Crippen LogP contribution in [0.1, 0.15) is 88.2 Å². The van der Waals surface area contributed by atoms with Gasteiger partial charge in [-0.2, -0.15) is 0 Å². The Morgan fingerprint density at radius 3 is 2.36 bits per heavy atom. The Labute approximate surface area is 298 Å². The molecular formula is C33H44N7O8S2+. The van der Waals surface area contributed by atoms with Crippen molar-refractivity contribution in [2.75, 3.05) is 18.0 Å². The molecule has 2 aliphatic heterocycles. The number of hydrogen-bond acceptors (Lipinski definition) is 11. The highest BCUT2D eigenvalue weighted by molar-refractivity contribution is 8.00. The summed E-state index contributed by atoms with van der Waals surface area (Å²) in [7, 11) is 0. The lowest BCUT2D eigenvalue weighted by Gasteiger charge is -2.49. The van der Waals surface area contributed by atoms with Crippen molar-refractivity contribution in [3.63, 3.8) is 0 Å². The average Bonchev–Trinajstić information content (AvgIpc) is 3.51. The third-order valence-electron chi connectivity index (χ3n) is 8.24. The third kappa shape index (κ3) is 9.59. The van der Waals surface area contributed by atoms with E-state index >= 15 is 0 Å². The summed E-state index contributed by atoms with van der Waals surface area (Å²) in [4.78, 5) is 73.4. The van der Waals surface area contributed by atoms with Crippen LogP contribution in [0.4, 0.5) is 5.13 Å². The number of fused-ring (bicyclic) bond motifs is 1.